The van der Waals surface area contributed by atoms with E-state index in [0.29, 0.717) is 6.42 Å². The fraction of sp³-hybridized carbons (Fsp3) is 0.524. The van der Waals surface area contributed by atoms with E-state index < -0.39 is 0 Å². The summed E-state index contributed by atoms with van der Waals surface area (Å²) in [6.07, 6.45) is 13.7. The fourth-order valence-corrected chi connectivity index (χ4v) is 3.54. The van der Waals surface area contributed by atoms with Crippen LogP contribution in [0.15, 0.2) is 34.9 Å². The van der Waals surface area contributed by atoms with Crippen molar-refractivity contribution in [1.82, 2.24) is 4.98 Å². The molecule has 0 spiro atoms. The second-order valence-electron chi connectivity index (χ2n) is 6.66. The number of hydrogen-bond donors (Lipinski definition) is 1. The standard InChI is InChI=1S/C21H29BrN2O/c1-2-3-4-5-6-7-8-9-10-13-20(25)24-19-16-18(22)15-17-12-11-14-23-21(17)19/h11-12,14-16H,2-10,13H2,1H3,(H,24,25). The van der Waals surface area contributed by atoms with Crippen molar-refractivity contribution in [3.8, 4) is 0 Å². The number of unbranched alkanes of at least 4 members (excludes halogenated alkanes) is 8. The SMILES string of the molecule is CCCCCCCCCCCC(=O)Nc1cc(Br)cc2cccnc12. The van der Waals surface area contributed by atoms with Gasteiger partial charge >= 0.3 is 0 Å². The number of carbonyl (C=O) groups is 1. The van der Waals surface area contributed by atoms with Crippen molar-refractivity contribution in [3.63, 3.8) is 0 Å². The summed E-state index contributed by atoms with van der Waals surface area (Å²) < 4.78 is 0.950. The van der Waals surface area contributed by atoms with Crippen LogP contribution in [0.2, 0.25) is 0 Å². The topological polar surface area (TPSA) is 42.0 Å². The molecule has 0 saturated heterocycles. The highest BCUT2D eigenvalue weighted by Gasteiger charge is 2.08. The number of halogens is 1. The molecule has 0 aliphatic rings. The average molecular weight is 405 g/mol. The number of anilines is 1. The maximum atomic E-state index is 12.2. The van der Waals surface area contributed by atoms with Crippen molar-refractivity contribution < 1.29 is 4.79 Å². The molecule has 1 aromatic heterocycles. The highest BCUT2D eigenvalue weighted by Crippen LogP contribution is 2.26. The molecular formula is C21H29BrN2O. The van der Waals surface area contributed by atoms with Gasteiger partial charge in [-0.1, -0.05) is 80.3 Å². The third-order valence-corrected chi connectivity index (χ3v) is 4.91. The molecule has 0 unspecified atom stereocenters. The van der Waals surface area contributed by atoms with Crippen LogP contribution in [-0.2, 0) is 4.79 Å². The molecule has 0 bridgehead atoms. The first-order valence-electron chi connectivity index (χ1n) is 9.55. The lowest BCUT2D eigenvalue weighted by Crippen LogP contribution is -2.11. The third kappa shape index (κ3) is 7.15. The van der Waals surface area contributed by atoms with Crippen LogP contribution in [0, 0.1) is 0 Å². The van der Waals surface area contributed by atoms with Gasteiger partial charge in [-0.05, 0) is 24.6 Å². The van der Waals surface area contributed by atoms with Crippen molar-refractivity contribution in [2.45, 2.75) is 71.1 Å². The first-order valence-corrected chi connectivity index (χ1v) is 10.3. The van der Waals surface area contributed by atoms with Crippen molar-refractivity contribution in [1.29, 1.82) is 0 Å². The second-order valence-corrected chi connectivity index (χ2v) is 7.57. The maximum absolute atomic E-state index is 12.2. The minimum atomic E-state index is 0.0769. The zero-order valence-corrected chi connectivity index (χ0v) is 16.8. The van der Waals surface area contributed by atoms with Gasteiger partial charge in [0.05, 0.1) is 11.2 Å². The lowest BCUT2D eigenvalue weighted by molar-refractivity contribution is -0.116. The lowest BCUT2D eigenvalue weighted by atomic mass is 10.1. The molecule has 0 aliphatic heterocycles. The van der Waals surface area contributed by atoms with E-state index in [-0.39, 0.29) is 5.91 Å². The summed E-state index contributed by atoms with van der Waals surface area (Å²) in [6.45, 7) is 2.25. The van der Waals surface area contributed by atoms with E-state index in [4.69, 9.17) is 0 Å². The Bertz CT molecular complexity index is 672. The first-order chi connectivity index (χ1) is 12.2. The third-order valence-electron chi connectivity index (χ3n) is 4.45. The summed E-state index contributed by atoms with van der Waals surface area (Å²) in [5.41, 5.74) is 1.62. The van der Waals surface area contributed by atoms with Crippen LogP contribution >= 0.6 is 15.9 Å². The number of hydrogen-bond acceptors (Lipinski definition) is 2. The van der Waals surface area contributed by atoms with Gasteiger partial charge in [-0.2, -0.15) is 0 Å². The normalized spacial score (nSPS) is 11.0. The Morgan fingerprint density at radius 1 is 1.04 bits per heavy atom. The van der Waals surface area contributed by atoms with Gasteiger partial charge in [-0.15, -0.1) is 0 Å². The summed E-state index contributed by atoms with van der Waals surface area (Å²) in [5.74, 6) is 0.0769. The van der Waals surface area contributed by atoms with Gasteiger partial charge in [0.25, 0.3) is 0 Å². The van der Waals surface area contributed by atoms with E-state index in [0.717, 1.165) is 33.9 Å². The molecule has 0 radical (unpaired) electrons. The number of amides is 1. The molecule has 0 fully saturated rings. The number of benzene rings is 1. The Morgan fingerprint density at radius 3 is 2.44 bits per heavy atom. The Balaban J connectivity index is 1.69. The van der Waals surface area contributed by atoms with E-state index in [1.165, 1.54) is 44.9 Å². The highest BCUT2D eigenvalue weighted by molar-refractivity contribution is 9.10. The summed E-state index contributed by atoms with van der Waals surface area (Å²) in [5, 5.41) is 4.04. The molecule has 4 heteroatoms. The zero-order valence-electron chi connectivity index (χ0n) is 15.2. The van der Waals surface area contributed by atoms with Crippen LogP contribution in [0.25, 0.3) is 10.9 Å². The van der Waals surface area contributed by atoms with E-state index in [9.17, 15) is 4.79 Å². The molecule has 25 heavy (non-hydrogen) atoms. The minimum absolute atomic E-state index is 0.0769. The van der Waals surface area contributed by atoms with Crippen molar-refractivity contribution in [2.24, 2.45) is 0 Å². The minimum Gasteiger partial charge on any atom is -0.324 e. The van der Waals surface area contributed by atoms with Crippen molar-refractivity contribution in [3.05, 3.63) is 34.9 Å². The average Bonchev–Trinajstić information content (AvgIpc) is 2.60. The first kappa shape index (κ1) is 19.9. The molecule has 0 aliphatic carbocycles. The lowest BCUT2D eigenvalue weighted by Gasteiger charge is -2.09. The van der Waals surface area contributed by atoms with Gasteiger partial charge < -0.3 is 5.32 Å². The predicted molar refractivity (Wildman–Crippen MR) is 110 cm³/mol. The monoisotopic (exact) mass is 404 g/mol. The number of rotatable bonds is 11. The van der Waals surface area contributed by atoms with Crippen molar-refractivity contribution in [2.75, 3.05) is 5.32 Å². The van der Waals surface area contributed by atoms with Crippen LogP contribution < -0.4 is 5.32 Å². The van der Waals surface area contributed by atoms with Gasteiger partial charge in [0.15, 0.2) is 0 Å². The summed E-state index contributed by atoms with van der Waals surface area (Å²) in [6, 6.07) is 7.84. The molecule has 2 rings (SSSR count). The molecule has 1 heterocycles. The Morgan fingerprint density at radius 2 is 1.72 bits per heavy atom. The predicted octanol–water partition coefficient (Wildman–Crippen LogP) is 6.86. The molecule has 1 aromatic carbocycles. The number of nitrogens with zero attached hydrogens (tertiary/aromatic N) is 1. The molecular weight excluding hydrogens is 376 g/mol. The quantitative estimate of drug-likeness (QED) is 0.415. The van der Waals surface area contributed by atoms with Gasteiger partial charge in [0.1, 0.15) is 0 Å². The van der Waals surface area contributed by atoms with E-state index in [1.807, 2.05) is 24.3 Å². The summed E-state index contributed by atoms with van der Waals surface area (Å²) in [4.78, 5) is 16.6. The summed E-state index contributed by atoms with van der Waals surface area (Å²) >= 11 is 3.50. The van der Waals surface area contributed by atoms with Crippen LogP contribution in [0.3, 0.4) is 0 Å². The fourth-order valence-electron chi connectivity index (χ4n) is 3.06. The van der Waals surface area contributed by atoms with Crippen LogP contribution in [-0.4, -0.2) is 10.9 Å². The Kier molecular flexibility index (Phi) is 8.95. The number of pyridine rings is 1. The number of nitrogens with one attached hydrogen (secondary N) is 1. The summed E-state index contributed by atoms with van der Waals surface area (Å²) in [7, 11) is 0. The van der Waals surface area contributed by atoms with Crippen molar-refractivity contribution >= 4 is 38.4 Å². The second kappa shape index (κ2) is 11.2. The molecule has 3 nitrogen and oxygen atoms in total. The Hall–Kier alpha value is -1.42. The zero-order chi connectivity index (χ0) is 17.9. The molecule has 0 saturated carbocycles. The molecule has 0 atom stereocenters. The van der Waals surface area contributed by atoms with E-state index >= 15 is 0 Å². The van der Waals surface area contributed by atoms with Gasteiger partial charge in [0.2, 0.25) is 5.91 Å². The van der Waals surface area contributed by atoms with Crippen LogP contribution in [0.4, 0.5) is 5.69 Å². The number of fused-ring (bicyclic) bond motifs is 1. The smallest absolute Gasteiger partial charge is 0.224 e. The highest BCUT2D eigenvalue weighted by atomic mass is 79.9. The number of carbonyl (C=O) groups excluding carboxylic acids is 1. The van der Waals surface area contributed by atoms with Gasteiger partial charge in [-0.25, -0.2) is 0 Å². The Labute approximate surface area is 159 Å². The van der Waals surface area contributed by atoms with Crippen LogP contribution in [0.5, 0.6) is 0 Å². The largest absolute Gasteiger partial charge is 0.324 e. The van der Waals surface area contributed by atoms with E-state index in [1.54, 1.807) is 6.20 Å². The maximum Gasteiger partial charge on any atom is 0.224 e. The molecule has 1 N–H and O–H groups in total. The molecule has 136 valence electrons. The van der Waals surface area contributed by atoms with Crippen LogP contribution in [0.1, 0.15) is 71.1 Å². The molecule has 2 aromatic rings. The van der Waals surface area contributed by atoms with Gasteiger partial charge in [0, 0.05) is 22.5 Å². The van der Waals surface area contributed by atoms with Gasteiger partial charge in [-0.3, -0.25) is 9.78 Å². The molecule has 1 amide bonds. The number of aromatic nitrogens is 1. The van der Waals surface area contributed by atoms with E-state index in [2.05, 4.69) is 33.2 Å².